The second-order valence-corrected chi connectivity index (χ2v) is 4.70. The van der Waals surface area contributed by atoms with E-state index in [2.05, 4.69) is 33.0 Å². The molecule has 0 aliphatic carbocycles. The van der Waals surface area contributed by atoms with E-state index in [1.165, 1.54) is 0 Å². The van der Waals surface area contributed by atoms with Crippen LogP contribution in [-0.2, 0) is 0 Å². The van der Waals surface area contributed by atoms with E-state index in [-0.39, 0.29) is 0 Å². The molecule has 0 amide bonds. The van der Waals surface area contributed by atoms with Crippen molar-refractivity contribution in [2.75, 3.05) is 0 Å². The summed E-state index contributed by atoms with van der Waals surface area (Å²) in [6.07, 6.45) is 0. The van der Waals surface area contributed by atoms with Gasteiger partial charge in [-0.2, -0.15) is 34.4 Å². The van der Waals surface area contributed by atoms with Gasteiger partial charge < -0.3 is 5.32 Å². The highest BCUT2D eigenvalue weighted by Crippen LogP contribution is 1.97. The molecule has 0 aromatic carbocycles. The van der Waals surface area contributed by atoms with Crippen molar-refractivity contribution < 1.29 is 0 Å². The van der Waals surface area contributed by atoms with Gasteiger partial charge in [0.2, 0.25) is 0 Å². The third kappa shape index (κ3) is 36.0. The van der Waals surface area contributed by atoms with Crippen LogP contribution in [0.3, 0.4) is 0 Å². The van der Waals surface area contributed by atoms with Gasteiger partial charge in [-0.05, 0) is 0 Å². The lowest BCUT2D eigenvalue weighted by molar-refractivity contribution is 0.518. The van der Waals surface area contributed by atoms with E-state index < -0.39 is 4.96 Å². The van der Waals surface area contributed by atoms with Crippen LogP contribution in [0.25, 0.3) is 0 Å². The summed E-state index contributed by atoms with van der Waals surface area (Å²) in [6, 6.07) is 1.25. The van der Waals surface area contributed by atoms with Gasteiger partial charge in [-0.1, -0.05) is 27.7 Å². The highest BCUT2D eigenvalue weighted by Gasteiger charge is 1.92. The van der Waals surface area contributed by atoms with Gasteiger partial charge in [-0.3, -0.25) is 0 Å². The van der Waals surface area contributed by atoms with Gasteiger partial charge in [0.1, 0.15) is 0 Å². The second kappa shape index (κ2) is 8.99. The number of nitrogens with one attached hydrogen (secondary N) is 1. The van der Waals surface area contributed by atoms with E-state index in [9.17, 15) is 0 Å². The predicted molar refractivity (Wildman–Crippen MR) is 56.7 cm³/mol. The lowest BCUT2D eigenvalue weighted by Gasteiger charge is -2.10. The van der Waals surface area contributed by atoms with Crippen molar-refractivity contribution in [2.24, 2.45) is 0 Å². The molecule has 1 nitrogen and oxygen atoms in total. The highest BCUT2D eigenvalue weighted by atomic mass is 35.6. The summed E-state index contributed by atoms with van der Waals surface area (Å²) in [5, 5.41) is 3.31. The van der Waals surface area contributed by atoms with Gasteiger partial charge in [-0.15, -0.1) is 0 Å². The average Bonchev–Trinajstić information content (AvgIpc) is 1.56. The van der Waals surface area contributed by atoms with Gasteiger partial charge in [0.15, 0.2) is 0 Å². The molecular formula is C6H15BCl3N. The Morgan fingerprint density at radius 3 is 1.09 bits per heavy atom. The highest BCUT2D eigenvalue weighted by molar-refractivity contribution is 7.54. The first-order valence-electron chi connectivity index (χ1n) is 3.54. The first kappa shape index (κ1) is 14.4. The van der Waals surface area contributed by atoms with E-state index in [0.717, 1.165) is 0 Å². The average molecular weight is 218 g/mol. The van der Waals surface area contributed by atoms with Gasteiger partial charge in [0.25, 0.3) is 0 Å². The molecule has 0 aromatic rings. The molecule has 0 aliphatic heterocycles. The normalized spacial score (nSPS) is 9.55. The van der Waals surface area contributed by atoms with E-state index >= 15 is 0 Å². The van der Waals surface area contributed by atoms with Crippen LogP contribution in [0, 0.1) is 0 Å². The summed E-state index contributed by atoms with van der Waals surface area (Å²) in [6.45, 7) is 8.61. The standard InChI is InChI=1S/C6H15N.BCl3/c1-5(2)7-6(3)4;2-1(3)4/h5-7H,1-4H3;. The third-order valence-corrected chi connectivity index (χ3v) is 0.667. The molecular weight excluding hydrogens is 203 g/mol. The lowest BCUT2D eigenvalue weighted by atomic mass is 10.3. The minimum atomic E-state index is -0.750. The van der Waals surface area contributed by atoms with E-state index in [1.807, 2.05) is 0 Å². The van der Waals surface area contributed by atoms with Crippen LogP contribution < -0.4 is 5.32 Å². The first-order valence-corrected chi connectivity index (χ1v) is 4.85. The van der Waals surface area contributed by atoms with Crippen LogP contribution in [0.2, 0.25) is 0 Å². The zero-order chi connectivity index (χ0) is 9.44. The molecule has 0 saturated heterocycles. The van der Waals surface area contributed by atoms with Crippen LogP contribution in [-0.4, -0.2) is 17.0 Å². The Morgan fingerprint density at radius 1 is 0.909 bits per heavy atom. The summed E-state index contributed by atoms with van der Waals surface area (Å²) >= 11 is 14.4. The van der Waals surface area contributed by atoms with Crippen molar-refractivity contribution in [1.82, 2.24) is 5.32 Å². The van der Waals surface area contributed by atoms with Crippen LogP contribution in [0.1, 0.15) is 27.7 Å². The molecule has 0 saturated carbocycles. The summed E-state index contributed by atoms with van der Waals surface area (Å²) in [5.74, 6) is 0. The summed E-state index contributed by atoms with van der Waals surface area (Å²) in [7, 11) is 0. The SMILES string of the molecule is CC(C)NC(C)C.ClB(Cl)Cl. The molecule has 11 heavy (non-hydrogen) atoms. The molecule has 1 N–H and O–H groups in total. The summed E-state index contributed by atoms with van der Waals surface area (Å²) in [4.78, 5) is -0.750. The lowest BCUT2D eigenvalue weighted by Crippen LogP contribution is -2.29. The van der Waals surface area contributed by atoms with Crippen LogP contribution in [0.5, 0.6) is 0 Å². The Labute approximate surface area is 84.6 Å². The molecule has 0 bridgehead atoms. The number of rotatable bonds is 2. The Kier molecular flexibility index (Phi) is 11.8. The van der Waals surface area contributed by atoms with Crippen molar-refractivity contribution in [3.63, 3.8) is 0 Å². The van der Waals surface area contributed by atoms with E-state index in [0.29, 0.717) is 12.1 Å². The minimum absolute atomic E-state index is 0.625. The fourth-order valence-electron chi connectivity index (χ4n) is 0.667. The molecule has 5 heteroatoms. The summed E-state index contributed by atoms with van der Waals surface area (Å²) < 4.78 is 0. The molecule has 0 heterocycles. The maximum Gasteiger partial charge on any atom is 0.450 e. The molecule has 0 radical (unpaired) electrons. The zero-order valence-electron chi connectivity index (χ0n) is 7.37. The second-order valence-electron chi connectivity index (χ2n) is 2.72. The topological polar surface area (TPSA) is 12.0 Å². The molecule has 68 valence electrons. The Morgan fingerprint density at radius 2 is 1.09 bits per heavy atom. The molecule has 0 aromatic heterocycles. The number of halogens is 3. The van der Waals surface area contributed by atoms with Crippen molar-refractivity contribution in [1.29, 1.82) is 0 Å². The monoisotopic (exact) mass is 217 g/mol. The molecule has 0 unspecified atom stereocenters. The fourth-order valence-corrected chi connectivity index (χ4v) is 0.667. The Bertz CT molecular complexity index is 69.5. The van der Waals surface area contributed by atoms with Crippen LogP contribution in [0.4, 0.5) is 0 Å². The van der Waals surface area contributed by atoms with Crippen molar-refractivity contribution in [2.45, 2.75) is 39.8 Å². The maximum atomic E-state index is 4.81. The van der Waals surface area contributed by atoms with Crippen molar-refractivity contribution >= 4 is 39.3 Å². The molecule has 0 spiro atoms. The van der Waals surface area contributed by atoms with Gasteiger partial charge in [-0.25, -0.2) is 0 Å². The number of hydrogen-bond acceptors (Lipinski definition) is 1. The zero-order valence-corrected chi connectivity index (χ0v) is 9.63. The summed E-state index contributed by atoms with van der Waals surface area (Å²) in [5.41, 5.74) is 0. The van der Waals surface area contributed by atoms with Gasteiger partial charge in [0, 0.05) is 12.1 Å². The smallest absolute Gasteiger partial charge is 0.312 e. The van der Waals surface area contributed by atoms with Crippen molar-refractivity contribution in [3.8, 4) is 0 Å². The third-order valence-electron chi connectivity index (χ3n) is 0.667. The van der Waals surface area contributed by atoms with Crippen molar-refractivity contribution in [3.05, 3.63) is 0 Å². The minimum Gasteiger partial charge on any atom is -0.312 e. The van der Waals surface area contributed by atoms with E-state index in [1.54, 1.807) is 0 Å². The molecule has 0 fully saturated rings. The first-order chi connectivity index (χ1) is 4.86. The molecule has 0 rings (SSSR count). The van der Waals surface area contributed by atoms with Crippen LogP contribution >= 0.6 is 34.4 Å². The predicted octanol–water partition coefficient (Wildman–Crippen LogP) is 3.08. The molecule has 0 atom stereocenters. The quantitative estimate of drug-likeness (QED) is 0.702. The fraction of sp³-hybridized carbons (Fsp3) is 1.00. The van der Waals surface area contributed by atoms with Gasteiger partial charge >= 0.3 is 4.96 Å². The molecule has 0 aliphatic rings. The maximum absolute atomic E-state index is 4.81. The Balaban J connectivity index is 0. The van der Waals surface area contributed by atoms with E-state index in [4.69, 9.17) is 34.4 Å². The van der Waals surface area contributed by atoms with Crippen LogP contribution in [0.15, 0.2) is 0 Å². The number of hydrogen-bond donors (Lipinski definition) is 1. The van der Waals surface area contributed by atoms with Gasteiger partial charge in [0.05, 0.1) is 0 Å². The largest absolute Gasteiger partial charge is 0.450 e. The Hall–Kier alpha value is 0.895.